The van der Waals surface area contributed by atoms with Crippen molar-refractivity contribution in [1.82, 2.24) is 0 Å². The van der Waals surface area contributed by atoms with Crippen LogP contribution in [0.3, 0.4) is 0 Å². The highest BCUT2D eigenvalue weighted by Gasteiger charge is 2.61. The molecule has 1 heterocycles. The Hall–Kier alpha value is -1.06. The van der Waals surface area contributed by atoms with Crippen LogP contribution < -0.4 is 0 Å². The second-order valence-electron chi connectivity index (χ2n) is 14.2. The van der Waals surface area contributed by atoms with Crippen molar-refractivity contribution in [2.75, 3.05) is 13.2 Å². The number of aliphatic hydroxyl groups is 6. The van der Waals surface area contributed by atoms with Gasteiger partial charge in [0, 0.05) is 6.42 Å². The Bertz CT molecular complexity index is 972. The van der Waals surface area contributed by atoms with Gasteiger partial charge in [0.2, 0.25) is 0 Å². The van der Waals surface area contributed by atoms with Gasteiger partial charge in [-0.25, -0.2) is 0 Å². The van der Waals surface area contributed by atoms with Crippen LogP contribution in [0.1, 0.15) is 91.9 Å². The van der Waals surface area contributed by atoms with Gasteiger partial charge in [0.15, 0.2) is 0 Å². The molecule has 4 aliphatic rings. The van der Waals surface area contributed by atoms with Gasteiger partial charge in [0.25, 0.3) is 0 Å². The smallest absolute Gasteiger partial charge is 0.130 e. The van der Waals surface area contributed by atoms with E-state index in [1.807, 2.05) is 13.8 Å². The molecule has 0 bridgehead atoms. The van der Waals surface area contributed by atoms with Crippen molar-refractivity contribution in [2.24, 2.45) is 28.6 Å². The maximum atomic E-state index is 10.8. The number of rotatable bonds is 9. The Kier molecular flexibility index (Phi) is 9.78. The number of ether oxygens (including phenoxy) is 1. The summed E-state index contributed by atoms with van der Waals surface area (Å²) in [5.74, 6) is 1.67. The Morgan fingerprint density at radius 2 is 1.88 bits per heavy atom. The third kappa shape index (κ3) is 5.64. The molecule has 3 aliphatic carbocycles. The highest BCUT2D eigenvalue weighted by Crippen LogP contribution is 2.60. The molecule has 0 radical (unpaired) electrons. The van der Waals surface area contributed by atoms with Crippen molar-refractivity contribution in [2.45, 2.75) is 128 Å². The van der Waals surface area contributed by atoms with E-state index in [-0.39, 0.29) is 12.0 Å². The summed E-state index contributed by atoms with van der Waals surface area (Å²) in [4.78, 5) is 0. The quantitative estimate of drug-likeness (QED) is 0.252. The fourth-order valence-corrected chi connectivity index (χ4v) is 9.10. The standard InChI is InChI=1S/C33H54O7/c1-20(8-6-14-31(3,4)33(29(38)18-34)30(39)28(37)19-40-33)25-12-13-26-22(9-7-15-32(25,26)5)10-11-23-16-24(35)17-27(36)21(23)2/h10-11,20,24-30,34-39H,2,6-9,12-19H2,1,3-5H3/b22-10?,23-11-/t20-,24-,25-,26?,27-,28-,29-,30-,32-,33?/m1/s1. The molecule has 4 rings (SSSR count). The summed E-state index contributed by atoms with van der Waals surface area (Å²) < 4.78 is 5.87. The average molecular weight is 563 g/mol. The molecule has 7 nitrogen and oxygen atoms in total. The van der Waals surface area contributed by atoms with Crippen LogP contribution in [0, 0.1) is 28.6 Å². The minimum Gasteiger partial charge on any atom is -0.394 e. The van der Waals surface area contributed by atoms with Crippen LogP contribution in [-0.4, -0.2) is 80.0 Å². The van der Waals surface area contributed by atoms with Crippen molar-refractivity contribution in [1.29, 1.82) is 0 Å². The highest BCUT2D eigenvalue weighted by molar-refractivity contribution is 5.38. The van der Waals surface area contributed by atoms with E-state index in [9.17, 15) is 30.6 Å². The highest BCUT2D eigenvalue weighted by atomic mass is 16.6. The molecule has 2 unspecified atom stereocenters. The predicted molar refractivity (Wildman–Crippen MR) is 155 cm³/mol. The minimum absolute atomic E-state index is 0.0539. The van der Waals surface area contributed by atoms with E-state index in [1.165, 1.54) is 31.3 Å². The molecule has 0 aromatic carbocycles. The van der Waals surface area contributed by atoms with E-state index < -0.39 is 48.1 Å². The normalized spacial score (nSPS) is 42.4. The molecule has 0 aromatic heterocycles. The van der Waals surface area contributed by atoms with Crippen LogP contribution in [0.2, 0.25) is 0 Å². The van der Waals surface area contributed by atoms with Gasteiger partial charge in [-0.1, -0.05) is 64.8 Å². The molecule has 40 heavy (non-hydrogen) atoms. The van der Waals surface area contributed by atoms with Crippen molar-refractivity contribution in [3.63, 3.8) is 0 Å². The van der Waals surface area contributed by atoms with Crippen LogP contribution in [-0.2, 0) is 4.74 Å². The van der Waals surface area contributed by atoms with Crippen LogP contribution in [0.15, 0.2) is 35.5 Å². The maximum absolute atomic E-state index is 10.8. The van der Waals surface area contributed by atoms with E-state index in [4.69, 9.17) is 4.74 Å². The lowest BCUT2D eigenvalue weighted by Gasteiger charge is -2.48. The summed E-state index contributed by atoms with van der Waals surface area (Å²) in [7, 11) is 0. The maximum Gasteiger partial charge on any atom is 0.130 e. The number of hydrogen-bond acceptors (Lipinski definition) is 7. The summed E-state index contributed by atoms with van der Waals surface area (Å²) in [5, 5.41) is 61.8. The van der Waals surface area contributed by atoms with Crippen LogP contribution in [0.25, 0.3) is 0 Å². The van der Waals surface area contributed by atoms with Gasteiger partial charge in [-0.2, -0.15) is 0 Å². The van der Waals surface area contributed by atoms with Crippen molar-refractivity contribution in [3.05, 3.63) is 35.5 Å². The van der Waals surface area contributed by atoms with Crippen molar-refractivity contribution in [3.8, 4) is 0 Å². The van der Waals surface area contributed by atoms with E-state index in [2.05, 4.69) is 32.6 Å². The van der Waals surface area contributed by atoms with Crippen LogP contribution in [0.5, 0.6) is 0 Å². The molecule has 4 fully saturated rings. The van der Waals surface area contributed by atoms with E-state index >= 15 is 0 Å². The van der Waals surface area contributed by atoms with Crippen LogP contribution in [0.4, 0.5) is 0 Å². The topological polar surface area (TPSA) is 131 Å². The van der Waals surface area contributed by atoms with Gasteiger partial charge in [0.05, 0.1) is 25.4 Å². The SMILES string of the molecule is C=C1/C(=C\C=C2CCC[C@@]3(C)C2CC[C@@H]3[C@H](C)CCCC(C)(C)C2([C@H](O)CO)OC[C@@H](O)[C@H]2O)C[C@@H](O)C[C@H]1O. The Balaban J connectivity index is 1.41. The van der Waals surface area contributed by atoms with E-state index in [1.54, 1.807) is 0 Å². The van der Waals surface area contributed by atoms with Crippen molar-refractivity contribution < 1.29 is 35.4 Å². The average Bonchev–Trinajstić information content (AvgIpc) is 3.42. The fraction of sp³-hybridized carbons (Fsp3) is 0.818. The van der Waals surface area contributed by atoms with Gasteiger partial charge in [-0.05, 0) is 84.7 Å². The lowest BCUT2D eigenvalue weighted by atomic mass is 9.60. The first-order chi connectivity index (χ1) is 18.8. The molecule has 0 amide bonds. The minimum atomic E-state index is -1.40. The van der Waals surface area contributed by atoms with Gasteiger partial charge in [-0.3, -0.25) is 0 Å². The van der Waals surface area contributed by atoms with Crippen LogP contribution >= 0.6 is 0 Å². The fourth-order valence-electron chi connectivity index (χ4n) is 9.10. The number of fused-ring (bicyclic) bond motifs is 1. The van der Waals surface area contributed by atoms with Gasteiger partial charge < -0.3 is 35.4 Å². The van der Waals surface area contributed by atoms with E-state index in [0.717, 1.165) is 30.4 Å². The molecule has 7 heteroatoms. The zero-order chi connectivity index (χ0) is 29.5. The predicted octanol–water partition coefficient (Wildman–Crippen LogP) is 3.80. The second-order valence-corrected chi connectivity index (χ2v) is 14.2. The molecular formula is C33H54O7. The Morgan fingerprint density at radius 3 is 2.52 bits per heavy atom. The third-order valence-corrected chi connectivity index (χ3v) is 11.5. The lowest BCUT2D eigenvalue weighted by molar-refractivity contribution is -0.208. The molecule has 1 saturated heterocycles. The van der Waals surface area contributed by atoms with Gasteiger partial charge in [0.1, 0.15) is 23.9 Å². The lowest BCUT2D eigenvalue weighted by Crippen LogP contribution is -2.62. The molecule has 0 aromatic rings. The summed E-state index contributed by atoms with van der Waals surface area (Å²) in [5.41, 5.74) is 1.38. The molecule has 1 aliphatic heterocycles. The Labute approximate surface area is 240 Å². The monoisotopic (exact) mass is 562 g/mol. The second kappa shape index (κ2) is 12.3. The summed E-state index contributed by atoms with van der Waals surface area (Å²) in [6, 6.07) is 0. The summed E-state index contributed by atoms with van der Waals surface area (Å²) >= 11 is 0. The zero-order valence-electron chi connectivity index (χ0n) is 25.1. The number of allylic oxidation sites excluding steroid dienone is 3. The molecule has 0 spiro atoms. The molecular weight excluding hydrogens is 508 g/mol. The first kappa shape index (κ1) is 31.9. The largest absolute Gasteiger partial charge is 0.394 e. The summed E-state index contributed by atoms with van der Waals surface area (Å²) in [6.45, 7) is 12.2. The molecule has 6 N–H and O–H groups in total. The van der Waals surface area contributed by atoms with Gasteiger partial charge >= 0.3 is 0 Å². The molecule has 228 valence electrons. The number of aliphatic hydroxyl groups excluding tert-OH is 6. The Morgan fingerprint density at radius 1 is 1.15 bits per heavy atom. The molecule has 3 saturated carbocycles. The van der Waals surface area contributed by atoms with E-state index in [0.29, 0.717) is 37.0 Å². The zero-order valence-corrected chi connectivity index (χ0v) is 25.1. The van der Waals surface area contributed by atoms with Gasteiger partial charge in [-0.15, -0.1) is 0 Å². The molecule has 10 atom stereocenters. The number of hydrogen-bond donors (Lipinski definition) is 6. The van der Waals surface area contributed by atoms with Crippen molar-refractivity contribution >= 4 is 0 Å². The summed E-state index contributed by atoms with van der Waals surface area (Å²) in [6.07, 6.45) is 8.98. The first-order valence-electron chi connectivity index (χ1n) is 15.5. The first-order valence-corrected chi connectivity index (χ1v) is 15.5. The third-order valence-electron chi connectivity index (χ3n) is 11.5.